The van der Waals surface area contributed by atoms with E-state index in [1.807, 2.05) is 31.2 Å². The molecule has 1 aromatic heterocycles. The molecule has 5 heteroatoms. The molecule has 0 aliphatic rings. The van der Waals surface area contributed by atoms with Crippen molar-refractivity contribution in [1.82, 2.24) is 4.98 Å². The highest BCUT2D eigenvalue weighted by molar-refractivity contribution is 14.1. The predicted octanol–water partition coefficient (Wildman–Crippen LogP) is 3.02. The first kappa shape index (κ1) is 10.6. The molecule has 1 N–H and O–H groups in total. The maximum absolute atomic E-state index is 9.47. The normalized spacial score (nSPS) is 10.6. The molecule has 0 aliphatic carbocycles. The van der Waals surface area contributed by atoms with E-state index in [1.165, 1.54) is 0 Å². The van der Waals surface area contributed by atoms with Crippen LogP contribution in [0.25, 0.3) is 10.9 Å². The zero-order chi connectivity index (χ0) is 10.8. The van der Waals surface area contributed by atoms with Crippen LogP contribution in [-0.2, 0) is 3.17 Å². The summed E-state index contributed by atoms with van der Waals surface area (Å²) in [4.78, 5) is 4.36. The van der Waals surface area contributed by atoms with E-state index in [2.05, 4.69) is 4.98 Å². The summed E-state index contributed by atoms with van der Waals surface area (Å²) in [5.41, 5.74) is 2.36. The molecule has 0 unspecified atom stereocenters. The molecule has 0 aliphatic heterocycles. The van der Waals surface area contributed by atoms with Gasteiger partial charge in [0.1, 0.15) is 28.7 Å². The van der Waals surface area contributed by atoms with Crippen molar-refractivity contribution in [2.24, 2.45) is 0 Å². The lowest BCUT2D eigenvalue weighted by atomic mass is 10.1. The van der Waals surface area contributed by atoms with Crippen LogP contribution < -0.4 is 5.23 Å². The molecule has 78 valence electrons. The molecule has 2 aromatic rings. The summed E-state index contributed by atoms with van der Waals surface area (Å²) in [5.74, 6) is 0. The van der Waals surface area contributed by atoms with Gasteiger partial charge in [-0.2, -0.15) is 3.17 Å². The lowest BCUT2D eigenvalue weighted by Gasteiger charge is -2.13. The summed E-state index contributed by atoms with van der Waals surface area (Å²) in [7, 11) is 0. The highest BCUT2D eigenvalue weighted by Crippen LogP contribution is 2.25. The van der Waals surface area contributed by atoms with Crippen molar-refractivity contribution in [3.8, 4) is 0 Å². The molecule has 0 saturated heterocycles. The Morgan fingerprint density at radius 1 is 1.33 bits per heavy atom. The van der Waals surface area contributed by atoms with E-state index in [1.54, 1.807) is 29.1 Å². The predicted molar refractivity (Wildman–Crippen MR) is 65.9 cm³/mol. The van der Waals surface area contributed by atoms with Crippen LogP contribution in [-0.4, -0.2) is 10.2 Å². The number of hydrogen-bond acceptors (Lipinski definition) is 4. The summed E-state index contributed by atoms with van der Waals surface area (Å²) in [5, 5.41) is 11.0. The van der Waals surface area contributed by atoms with Gasteiger partial charge >= 0.3 is 0 Å². The lowest BCUT2D eigenvalue weighted by Crippen LogP contribution is -2.12. The highest BCUT2D eigenvalue weighted by Gasteiger charge is 2.07. The standard InChI is InChI=1S/C10H9IN2O2/c1-7-5-6-8-9(12-7)3-2-4-10(8)13(14)15-11/h2-6,14H,1H3. The third kappa shape index (κ3) is 2.04. The molecule has 0 amide bonds. The second kappa shape index (κ2) is 4.30. The van der Waals surface area contributed by atoms with Gasteiger partial charge in [-0.3, -0.25) is 10.2 Å². The second-order valence-electron chi connectivity index (χ2n) is 3.14. The molecule has 0 atom stereocenters. The van der Waals surface area contributed by atoms with Crippen molar-refractivity contribution in [1.29, 1.82) is 0 Å². The minimum absolute atomic E-state index is 0.578. The Balaban J connectivity index is 2.66. The van der Waals surface area contributed by atoms with Gasteiger partial charge in [0.2, 0.25) is 0 Å². The SMILES string of the molecule is Cc1ccc2c(N(O)OI)cccc2n1. The number of halogens is 1. The van der Waals surface area contributed by atoms with Gasteiger partial charge < -0.3 is 0 Å². The van der Waals surface area contributed by atoms with Crippen LogP contribution in [0, 0.1) is 6.92 Å². The van der Waals surface area contributed by atoms with Crippen molar-refractivity contribution in [3.63, 3.8) is 0 Å². The van der Waals surface area contributed by atoms with Gasteiger partial charge in [0.15, 0.2) is 0 Å². The fourth-order valence-corrected chi connectivity index (χ4v) is 1.66. The van der Waals surface area contributed by atoms with Crippen LogP contribution in [0.5, 0.6) is 0 Å². The number of benzene rings is 1. The first-order valence-corrected chi connectivity index (χ1v) is 5.24. The molecule has 4 nitrogen and oxygen atoms in total. The molecular weight excluding hydrogens is 307 g/mol. The zero-order valence-electron chi connectivity index (χ0n) is 8.01. The summed E-state index contributed by atoms with van der Waals surface area (Å²) in [6.45, 7) is 1.93. The maximum Gasteiger partial charge on any atom is 0.148 e. The zero-order valence-corrected chi connectivity index (χ0v) is 10.2. The summed E-state index contributed by atoms with van der Waals surface area (Å²) in [6.07, 6.45) is 0. The summed E-state index contributed by atoms with van der Waals surface area (Å²) >= 11 is 1.61. The van der Waals surface area contributed by atoms with Crippen LogP contribution in [0.1, 0.15) is 5.69 Å². The van der Waals surface area contributed by atoms with Crippen molar-refractivity contribution in [2.45, 2.75) is 6.92 Å². The van der Waals surface area contributed by atoms with Gasteiger partial charge in [-0.15, -0.1) is 5.23 Å². The van der Waals surface area contributed by atoms with E-state index in [9.17, 15) is 5.21 Å². The largest absolute Gasteiger partial charge is 0.263 e. The van der Waals surface area contributed by atoms with Gasteiger partial charge in [-0.1, -0.05) is 6.07 Å². The van der Waals surface area contributed by atoms with Gasteiger partial charge in [0, 0.05) is 11.1 Å². The Morgan fingerprint density at radius 2 is 2.13 bits per heavy atom. The molecule has 1 aromatic carbocycles. The molecule has 0 radical (unpaired) electrons. The number of hydrogen-bond donors (Lipinski definition) is 1. The number of anilines is 1. The first-order chi connectivity index (χ1) is 7.22. The van der Waals surface area contributed by atoms with E-state index in [4.69, 9.17) is 3.17 Å². The Morgan fingerprint density at radius 3 is 2.87 bits per heavy atom. The number of nitrogens with zero attached hydrogens (tertiary/aromatic N) is 2. The van der Waals surface area contributed by atoms with Crippen molar-refractivity contribution >= 4 is 39.6 Å². The summed E-state index contributed by atoms with van der Waals surface area (Å²) in [6, 6.07) is 9.28. The number of rotatable bonds is 2. The molecule has 1 heterocycles. The topological polar surface area (TPSA) is 45.6 Å². The van der Waals surface area contributed by atoms with E-state index < -0.39 is 0 Å². The smallest absolute Gasteiger partial charge is 0.148 e. The van der Waals surface area contributed by atoms with Crippen molar-refractivity contribution in [3.05, 3.63) is 36.0 Å². The van der Waals surface area contributed by atoms with Crippen molar-refractivity contribution in [2.75, 3.05) is 5.23 Å². The number of aromatic nitrogens is 1. The van der Waals surface area contributed by atoms with Crippen LogP contribution in [0.15, 0.2) is 30.3 Å². The van der Waals surface area contributed by atoms with E-state index in [0.717, 1.165) is 21.8 Å². The molecular formula is C10H9IN2O2. The van der Waals surface area contributed by atoms with E-state index in [0.29, 0.717) is 5.69 Å². The quantitative estimate of drug-likeness (QED) is 0.683. The third-order valence-electron chi connectivity index (χ3n) is 2.12. The minimum Gasteiger partial charge on any atom is -0.263 e. The first-order valence-electron chi connectivity index (χ1n) is 4.36. The van der Waals surface area contributed by atoms with Crippen LogP contribution in [0.2, 0.25) is 0 Å². The second-order valence-corrected chi connectivity index (χ2v) is 3.53. The van der Waals surface area contributed by atoms with Crippen LogP contribution >= 0.6 is 23.0 Å². The van der Waals surface area contributed by atoms with Crippen LogP contribution in [0.3, 0.4) is 0 Å². The Kier molecular flexibility index (Phi) is 3.03. The molecule has 0 fully saturated rings. The number of fused-ring (bicyclic) bond motifs is 1. The molecule has 0 spiro atoms. The Hall–Kier alpha value is -0.920. The Bertz CT molecular complexity index is 490. The van der Waals surface area contributed by atoms with Gasteiger partial charge in [0.25, 0.3) is 0 Å². The fourth-order valence-electron chi connectivity index (χ4n) is 1.44. The van der Waals surface area contributed by atoms with Gasteiger partial charge in [0.05, 0.1) is 5.52 Å². The Labute approximate surface area is 101 Å². The minimum atomic E-state index is 0.578. The van der Waals surface area contributed by atoms with Gasteiger partial charge in [-0.25, -0.2) is 0 Å². The highest BCUT2D eigenvalue weighted by atomic mass is 127. The summed E-state index contributed by atoms with van der Waals surface area (Å²) < 4.78 is 4.71. The maximum atomic E-state index is 9.47. The molecule has 15 heavy (non-hydrogen) atoms. The monoisotopic (exact) mass is 316 g/mol. The molecule has 0 saturated carbocycles. The molecule has 2 rings (SSSR count). The van der Waals surface area contributed by atoms with Gasteiger partial charge in [-0.05, 0) is 31.2 Å². The van der Waals surface area contributed by atoms with Crippen molar-refractivity contribution < 1.29 is 8.37 Å². The average Bonchev–Trinajstić information content (AvgIpc) is 2.26. The molecule has 0 bridgehead atoms. The number of aryl methyl sites for hydroxylation is 1. The third-order valence-corrected chi connectivity index (χ3v) is 2.49. The average molecular weight is 316 g/mol. The lowest BCUT2D eigenvalue weighted by molar-refractivity contribution is 0.0919. The van der Waals surface area contributed by atoms with E-state index >= 15 is 0 Å². The fraction of sp³-hybridized carbons (Fsp3) is 0.100. The van der Waals surface area contributed by atoms with Crippen LogP contribution in [0.4, 0.5) is 5.69 Å². The number of pyridine rings is 1. The van der Waals surface area contributed by atoms with E-state index in [-0.39, 0.29) is 0 Å².